The topological polar surface area (TPSA) is 59.1 Å². The molecule has 0 saturated carbocycles. The largest absolute Gasteiger partial charge is 0.278 e. The number of halogens is 2. The van der Waals surface area contributed by atoms with Crippen LogP contribution in [0.25, 0.3) is 10.9 Å². The summed E-state index contributed by atoms with van der Waals surface area (Å²) in [5.74, 6) is 0. The van der Waals surface area contributed by atoms with Crippen LogP contribution >= 0.6 is 23.2 Å². The molecule has 4 nitrogen and oxygen atoms in total. The van der Waals surface area contributed by atoms with Crippen molar-refractivity contribution in [3.05, 3.63) is 64.8 Å². The molecular weight excluding hydrogens is 343 g/mol. The van der Waals surface area contributed by atoms with E-state index in [0.29, 0.717) is 10.7 Å². The average molecular weight is 353 g/mol. The summed E-state index contributed by atoms with van der Waals surface area (Å²) >= 11 is 11.8. The van der Waals surface area contributed by atoms with E-state index in [2.05, 4.69) is 9.71 Å². The number of nitrogens with one attached hydrogen (secondary N) is 1. The van der Waals surface area contributed by atoms with Gasteiger partial charge in [0.05, 0.1) is 22.4 Å². The van der Waals surface area contributed by atoms with E-state index in [9.17, 15) is 8.42 Å². The first kappa shape index (κ1) is 15.1. The fourth-order valence-corrected chi connectivity index (χ4v) is 3.82. The molecule has 0 atom stereocenters. The lowest BCUT2D eigenvalue weighted by Crippen LogP contribution is -2.13. The third kappa shape index (κ3) is 3.02. The molecule has 2 aromatic carbocycles. The summed E-state index contributed by atoms with van der Waals surface area (Å²) in [5, 5.41) is 1.23. The molecule has 3 rings (SSSR count). The van der Waals surface area contributed by atoms with Crippen molar-refractivity contribution in [3.8, 4) is 0 Å². The summed E-state index contributed by atoms with van der Waals surface area (Å²) in [6.07, 6.45) is 1.46. The first-order chi connectivity index (χ1) is 10.5. The summed E-state index contributed by atoms with van der Waals surface area (Å²) in [4.78, 5) is 4.14. The fourth-order valence-electron chi connectivity index (χ4n) is 2.02. The Kier molecular flexibility index (Phi) is 3.95. The predicted octanol–water partition coefficient (Wildman–Crippen LogP) is 4.34. The van der Waals surface area contributed by atoms with Gasteiger partial charge in [0, 0.05) is 10.4 Å². The van der Waals surface area contributed by atoms with Gasteiger partial charge in [0.1, 0.15) is 4.90 Å². The lowest BCUT2D eigenvalue weighted by Gasteiger charge is -2.10. The normalized spacial score (nSPS) is 11.5. The Morgan fingerprint density at radius 3 is 2.59 bits per heavy atom. The molecule has 0 bridgehead atoms. The van der Waals surface area contributed by atoms with Gasteiger partial charge in [0.2, 0.25) is 0 Å². The van der Waals surface area contributed by atoms with Crippen LogP contribution in [0, 0.1) is 0 Å². The molecule has 7 heteroatoms. The third-order valence-corrected chi connectivity index (χ3v) is 5.12. The van der Waals surface area contributed by atoms with Crippen molar-refractivity contribution in [2.24, 2.45) is 0 Å². The summed E-state index contributed by atoms with van der Waals surface area (Å²) < 4.78 is 27.3. The highest BCUT2D eigenvalue weighted by molar-refractivity contribution is 7.92. The van der Waals surface area contributed by atoms with E-state index >= 15 is 0 Å². The molecule has 0 fully saturated rings. The van der Waals surface area contributed by atoms with Crippen molar-refractivity contribution in [1.82, 2.24) is 4.98 Å². The highest BCUT2D eigenvalue weighted by Crippen LogP contribution is 2.27. The number of para-hydroxylation sites is 1. The van der Waals surface area contributed by atoms with Gasteiger partial charge in [-0.15, -0.1) is 0 Å². The van der Waals surface area contributed by atoms with Crippen LogP contribution in [0.15, 0.2) is 59.6 Å². The van der Waals surface area contributed by atoms with Crippen LogP contribution in [0.2, 0.25) is 10.0 Å². The first-order valence-electron chi connectivity index (χ1n) is 6.28. The fraction of sp³-hybridized carbons (Fsp3) is 0. The van der Waals surface area contributed by atoms with E-state index in [0.717, 1.165) is 10.9 Å². The van der Waals surface area contributed by atoms with Crippen molar-refractivity contribution in [3.63, 3.8) is 0 Å². The maximum atomic E-state index is 12.4. The number of nitrogens with zero attached hydrogens (tertiary/aromatic N) is 1. The van der Waals surface area contributed by atoms with Crippen LogP contribution in [0.5, 0.6) is 0 Å². The number of anilines is 1. The number of fused-ring (bicyclic) bond motifs is 1. The van der Waals surface area contributed by atoms with Crippen molar-refractivity contribution in [2.45, 2.75) is 4.90 Å². The molecule has 0 spiro atoms. The maximum absolute atomic E-state index is 12.4. The molecule has 0 aliphatic heterocycles. The van der Waals surface area contributed by atoms with E-state index in [-0.39, 0.29) is 9.92 Å². The molecule has 0 saturated heterocycles. The Hall–Kier alpha value is -1.82. The lowest BCUT2D eigenvalue weighted by atomic mass is 10.2. The minimum absolute atomic E-state index is 0.0742. The molecule has 1 N–H and O–H groups in total. The van der Waals surface area contributed by atoms with E-state index in [1.165, 1.54) is 24.4 Å². The van der Waals surface area contributed by atoms with Crippen LogP contribution in [0.4, 0.5) is 5.69 Å². The van der Waals surface area contributed by atoms with E-state index in [1.807, 2.05) is 24.3 Å². The van der Waals surface area contributed by atoms with Gasteiger partial charge in [-0.2, -0.15) is 0 Å². The zero-order valence-corrected chi connectivity index (χ0v) is 13.5. The molecular formula is C15H10Cl2N2O2S. The molecule has 0 amide bonds. The minimum Gasteiger partial charge on any atom is -0.278 e. The quantitative estimate of drug-likeness (QED) is 0.762. The van der Waals surface area contributed by atoms with Crippen LogP contribution in [0.1, 0.15) is 0 Å². The van der Waals surface area contributed by atoms with Crippen LogP contribution < -0.4 is 4.72 Å². The highest BCUT2D eigenvalue weighted by atomic mass is 35.5. The number of benzene rings is 2. The second kappa shape index (κ2) is 5.76. The molecule has 0 aliphatic rings. The standard InChI is InChI=1S/C15H10Cl2N2O2S/c16-11-5-6-13(17)15(8-11)22(20,21)19-12-7-10-3-1-2-4-14(10)18-9-12/h1-9,19H. The van der Waals surface area contributed by atoms with Crippen molar-refractivity contribution < 1.29 is 8.42 Å². The van der Waals surface area contributed by atoms with Crippen LogP contribution in [-0.4, -0.2) is 13.4 Å². The first-order valence-corrected chi connectivity index (χ1v) is 8.52. The zero-order chi connectivity index (χ0) is 15.7. The Morgan fingerprint density at radius 1 is 1.00 bits per heavy atom. The van der Waals surface area contributed by atoms with Gasteiger partial charge in [-0.05, 0) is 30.3 Å². The van der Waals surface area contributed by atoms with Crippen LogP contribution in [-0.2, 0) is 10.0 Å². The molecule has 0 unspecified atom stereocenters. The Morgan fingerprint density at radius 2 is 1.77 bits per heavy atom. The summed E-state index contributed by atoms with van der Waals surface area (Å²) in [6, 6.07) is 13.4. The second-order valence-electron chi connectivity index (χ2n) is 4.60. The van der Waals surface area contributed by atoms with Gasteiger partial charge < -0.3 is 0 Å². The third-order valence-electron chi connectivity index (χ3n) is 3.03. The van der Waals surface area contributed by atoms with Gasteiger partial charge in [-0.25, -0.2) is 8.42 Å². The Labute approximate surface area is 137 Å². The van der Waals surface area contributed by atoms with Gasteiger partial charge in [0.15, 0.2) is 0 Å². The lowest BCUT2D eigenvalue weighted by molar-refractivity contribution is 0.601. The molecule has 112 valence electrons. The molecule has 0 aliphatic carbocycles. The number of aromatic nitrogens is 1. The number of hydrogen-bond donors (Lipinski definition) is 1. The summed E-state index contributed by atoms with van der Waals surface area (Å²) in [7, 11) is -3.84. The monoisotopic (exact) mass is 352 g/mol. The molecule has 0 radical (unpaired) electrons. The Balaban J connectivity index is 2.01. The number of sulfonamides is 1. The number of pyridine rings is 1. The SMILES string of the molecule is O=S(=O)(Nc1cnc2ccccc2c1)c1cc(Cl)ccc1Cl. The van der Waals surface area contributed by atoms with E-state index < -0.39 is 10.0 Å². The van der Waals surface area contributed by atoms with Crippen LogP contribution in [0.3, 0.4) is 0 Å². The molecule has 1 aromatic heterocycles. The number of hydrogen-bond acceptors (Lipinski definition) is 3. The summed E-state index contributed by atoms with van der Waals surface area (Å²) in [5.41, 5.74) is 1.14. The van der Waals surface area contributed by atoms with Gasteiger partial charge >= 0.3 is 0 Å². The maximum Gasteiger partial charge on any atom is 0.263 e. The zero-order valence-electron chi connectivity index (χ0n) is 11.1. The van der Waals surface area contributed by atoms with Crippen molar-refractivity contribution in [1.29, 1.82) is 0 Å². The molecule has 22 heavy (non-hydrogen) atoms. The van der Waals surface area contributed by atoms with Crippen molar-refractivity contribution in [2.75, 3.05) is 4.72 Å². The van der Waals surface area contributed by atoms with Crippen molar-refractivity contribution >= 4 is 49.8 Å². The van der Waals surface area contributed by atoms with Gasteiger partial charge in [0.25, 0.3) is 10.0 Å². The smallest absolute Gasteiger partial charge is 0.263 e. The van der Waals surface area contributed by atoms with Gasteiger partial charge in [-0.3, -0.25) is 9.71 Å². The number of rotatable bonds is 3. The molecule has 1 heterocycles. The minimum atomic E-state index is -3.84. The Bertz CT molecular complexity index is 959. The highest BCUT2D eigenvalue weighted by Gasteiger charge is 2.18. The predicted molar refractivity (Wildman–Crippen MR) is 89.0 cm³/mol. The van der Waals surface area contributed by atoms with E-state index in [1.54, 1.807) is 6.07 Å². The van der Waals surface area contributed by atoms with E-state index in [4.69, 9.17) is 23.2 Å². The average Bonchev–Trinajstić information content (AvgIpc) is 2.49. The second-order valence-corrected chi connectivity index (χ2v) is 7.09. The van der Waals surface area contributed by atoms with Gasteiger partial charge in [-0.1, -0.05) is 41.4 Å². The molecule has 3 aromatic rings. The summed E-state index contributed by atoms with van der Waals surface area (Å²) in [6.45, 7) is 0.